The molecule has 6 rings (SSSR count). The number of hydrogen-bond acceptors (Lipinski definition) is 6. The van der Waals surface area contributed by atoms with Gasteiger partial charge in [0.2, 0.25) is 0 Å². The molecule has 0 spiro atoms. The molecule has 4 aromatic carbocycles. The lowest BCUT2D eigenvalue weighted by atomic mass is 9.94. The second kappa shape index (κ2) is 13.6. The Labute approximate surface area is 283 Å². The van der Waals surface area contributed by atoms with Gasteiger partial charge in [0.05, 0.1) is 34.8 Å². The third kappa shape index (κ3) is 6.99. The number of halogens is 2. The van der Waals surface area contributed by atoms with Crippen LogP contribution < -0.4 is 0 Å². The van der Waals surface area contributed by atoms with Gasteiger partial charge in [-0.2, -0.15) is 10.5 Å². The van der Waals surface area contributed by atoms with E-state index in [-0.39, 0.29) is 11.1 Å². The average Bonchev–Trinajstić information content (AvgIpc) is 3.10. The summed E-state index contributed by atoms with van der Waals surface area (Å²) in [6, 6.07) is 27.5. The molecule has 0 bridgehead atoms. The molecule has 0 saturated carbocycles. The second-order valence-corrected chi connectivity index (χ2v) is 13.8. The quantitative estimate of drug-likeness (QED) is 0.161. The fourth-order valence-electron chi connectivity index (χ4n) is 5.76. The van der Waals surface area contributed by atoms with Gasteiger partial charge in [-0.25, -0.2) is 17.2 Å². The molecule has 0 aliphatic rings. The summed E-state index contributed by atoms with van der Waals surface area (Å²) in [6.45, 7) is 3.69. The zero-order valence-corrected chi connectivity index (χ0v) is 27.4. The van der Waals surface area contributed by atoms with Crippen LogP contribution in [-0.2, 0) is 21.3 Å². The summed E-state index contributed by atoms with van der Waals surface area (Å²) in [5, 5.41) is 19.0. The van der Waals surface area contributed by atoms with Gasteiger partial charge in [0.1, 0.15) is 11.6 Å². The molecule has 2 aromatic heterocycles. The number of rotatable bonds is 8. The van der Waals surface area contributed by atoms with E-state index in [1.807, 2.05) is 38.1 Å². The van der Waals surface area contributed by atoms with Crippen LogP contribution in [0.3, 0.4) is 0 Å². The molecule has 0 aliphatic carbocycles. The molecule has 0 fully saturated rings. The predicted molar refractivity (Wildman–Crippen MR) is 185 cm³/mol. The van der Waals surface area contributed by atoms with Crippen molar-refractivity contribution in [1.82, 2.24) is 9.97 Å². The van der Waals surface area contributed by atoms with Gasteiger partial charge in [-0.1, -0.05) is 48.5 Å². The van der Waals surface area contributed by atoms with E-state index in [0.717, 1.165) is 33.4 Å². The van der Waals surface area contributed by atoms with Gasteiger partial charge in [0, 0.05) is 47.0 Å². The SMILES string of the molecule is Cc1ccc(-c2ccncc2-c2ccc(CS(=O)(=O)Cc3ccc(-c4cnccc4-c4ccc(C)c(C#N)c4)cc3F)c(F)c2)cc1C#N. The fourth-order valence-corrected chi connectivity index (χ4v) is 7.28. The molecule has 0 radical (unpaired) electrons. The Morgan fingerprint density at radius 1 is 0.571 bits per heavy atom. The lowest BCUT2D eigenvalue weighted by molar-refractivity contribution is 0.581. The Kier molecular flexibility index (Phi) is 9.13. The number of sulfone groups is 1. The number of benzene rings is 4. The molecule has 0 amide bonds. The second-order valence-electron chi connectivity index (χ2n) is 11.8. The molecule has 49 heavy (non-hydrogen) atoms. The summed E-state index contributed by atoms with van der Waals surface area (Å²) in [5.41, 5.74) is 7.90. The van der Waals surface area contributed by atoms with E-state index >= 15 is 8.78 Å². The van der Waals surface area contributed by atoms with E-state index in [0.29, 0.717) is 33.4 Å². The first-order valence-corrected chi connectivity index (χ1v) is 17.1. The van der Waals surface area contributed by atoms with Crippen LogP contribution in [-0.4, -0.2) is 18.4 Å². The minimum atomic E-state index is -3.98. The van der Waals surface area contributed by atoms with Crippen LogP contribution in [0, 0.1) is 48.1 Å². The van der Waals surface area contributed by atoms with Gasteiger partial charge in [-0.3, -0.25) is 9.97 Å². The zero-order valence-electron chi connectivity index (χ0n) is 26.6. The van der Waals surface area contributed by atoms with Gasteiger partial charge >= 0.3 is 0 Å². The van der Waals surface area contributed by atoms with Crippen molar-refractivity contribution in [2.45, 2.75) is 25.4 Å². The van der Waals surface area contributed by atoms with Crippen molar-refractivity contribution in [3.8, 4) is 56.6 Å². The van der Waals surface area contributed by atoms with Crippen molar-refractivity contribution in [1.29, 1.82) is 10.5 Å². The van der Waals surface area contributed by atoms with Crippen molar-refractivity contribution < 1.29 is 17.2 Å². The summed E-state index contributed by atoms with van der Waals surface area (Å²) < 4.78 is 57.4. The Hall–Kier alpha value is -6.03. The maximum absolute atomic E-state index is 15.5. The molecule has 6 aromatic rings. The number of nitriles is 2. The van der Waals surface area contributed by atoms with Crippen molar-refractivity contribution in [3.63, 3.8) is 0 Å². The first-order chi connectivity index (χ1) is 23.6. The molecular formula is C40H28F2N4O2S. The number of nitrogens with zero attached hydrogens (tertiary/aromatic N) is 4. The zero-order chi connectivity index (χ0) is 34.7. The van der Waals surface area contributed by atoms with Crippen LogP contribution in [0.1, 0.15) is 33.4 Å². The van der Waals surface area contributed by atoms with Gasteiger partial charge in [0.25, 0.3) is 0 Å². The molecule has 0 atom stereocenters. The number of hydrogen-bond donors (Lipinski definition) is 0. The minimum absolute atomic E-state index is 0.0387. The third-order valence-electron chi connectivity index (χ3n) is 8.46. The average molecular weight is 667 g/mol. The Bertz CT molecular complexity index is 2280. The number of aryl methyl sites for hydroxylation is 2. The van der Waals surface area contributed by atoms with Gasteiger partial charge < -0.3 is 0 Å². The van der Waals surface area contributed by atoms with Crippen molar-refractivity contribution in [2.75, 3.05) is 0 Å². The fraction of sp³-hybridized carbons (Fsp3) is 0.100. The van der Waals surface area contributed by atoms with E-state index in [4.69, 9.17) is 0 Å². The Morgan fingerprint density at radius 3 is 1.35 bits per heavy atom. The molecule has 2 heterocycles. The summed E-state index contributed by atoms with van der Waals surface area (Å²) in [7, 11) is -3.98. The molecular weight excluding hydrogens is 639 g/mol. The molecule has 0 saturated heterocycles. The molecule has 0 aliphatic heterocycles. The smallest absolute Gasteiger partial charge is 0.158 e. The lowest BCUT2D eigenvalue weighted by Crippen LogP contribution is -2.10. The van der Waals surface area contributed by atoms with Crippen LogP contribution in [0.25, 0.3) is 44.5 Å². The monoisotopic (exact) mass is 666 g/mol. The maximum atomic E-state index is 15.5. The summed E-state index contributed by atoms with van der Waals surface area (Å²) in [6.07, 6.45) is 6.41. The van der Waals surface area contributed by atoms with E-state index in [1.165, 1.54) is 24.3 Å². The highest BCUT2D eigenvalue weighted by atomic mass is 32.2. The van der Waals surface area contributed by atoms with Crippen LogP contribution in [0.4, 0.5) is 8.78 Å². The van der Waals surface area contributed by atoms with Gasteiger partial charge in [0.15, 0.2) is 9.84 Å². The number of pyridine rings is 2. The summed E-state index contributed by atoms with van der Waals surface area (Å²) >= 11 is 0. The first-order valence-electron chi connectivity index (χ1n) is 15.2. The summed E-state index contributed by atoms with van der Waals surface area (Å²) in [4.78, 5) is 8.39. The predicted octanol–water partition coefficient (Wildman–Crippen LogP) is 8.90. The van der Waals surface area contributed by atoms with E-state index in [1.54, 1.807) is 61.2 Å². The summed E-state index contributed by atoms with van der Waals surface area (Å²) in [5.74, 6) is -2.67. The molecule has 240 valence electrons. The van der Waals surface area contributed by atoms with Crippen LogP contribution in [0.5, 0.6) is 0 Å². The van der Waals surface area contributed by atoms with Crippen LogP contribution in [0.15, 0.2) is 110 Å². The van der Waals surface area contributed by atoms with Crippen molar-refractivity contribution in [2.24, 2.45) is 0 Å². The number of aromatic nitrogens is 2. The van der Waals surface area contributed by atoms with Crippen LogP contribution in [0.2, 0.25) is 0 Å². The van der Waals surface area contributed by atoms with Gasteiger partial charge in [-0.15, -0.1) is 0 Å². The third-order valence-corrected chi connectivity index (χ3v) is 9.96. The molecule has 0 unspecified atom stereocenters. The van der Waals surface area contributed by atoms with E-state index in [9.17, 15) is 18.9 Å². The lowest BCUT2D eigenvalue weighted by Gasteiger charge is -2.13. The Morgan fingerprint density at radius 2 is 0.959 bits per heavy atom. The van der Waals surface area contributed by atoms with Crippen LogP contribution >= 0.6 is 0 Å². The highest BCUT2D eigenvalue weighted by Crippen LogP contribution is 2.35. The highest BCUT2D eigenvalue weighted by molar-refractivity contribution is 7.89. The minimum Gasteiger partial charge on any atom is -0.264 e. The molecule has 9 heteroatoms. The van der Waals surface area contributed by atoms with E-state index in [2.05, 4.69) is 22.1 Å². The normalized spacial score (nSPS) is 11.1. The first kappa shape index (κ1) is 32.9. The van der Waals surface area contributed by atoms with Crippen molar-refractivity contribution >= 4 is 9.84 Å². The van der Waals surface area contributed by atoms with Crippen molar-refractivity contribution in [3.05, 3.63) is 155 Å². The highest BCUT2D eigenvalue weighted by Gasteiger charge is 2.20. The topological polar surface area (TPSA) is 108 Å². The Balaban J connectivity index is 1.23. The molecule has 0 N–H and O–H groups in total. The maximum Gasteiger partial charge on any atom is 0.158 e. The largest absolute Gasteiger partial charge is 0.264 e. The van der Waals surface area contributed by atoms with Gasteiger partial charge in [-0.05, 0) is 94.8 Å². The van der Waals surface area contributed by atoms with E-state index < -0.39 is 33.0 Å². The molecule has 6 nitrogen and oxygen atoms in total. The standard InChI is InChI=1S/C40H28F2N4O2S/c1-25-3-5-27(15-33(25)19-43)35-11-13-45-21-37(35)29-7-9-31(39(41)17-29)23-49(47,48)24-32-10-8-30(18-40(32)42)38-22-46-14-12-36(38)28-6-4-26(2)34(16-28)20-44/h3-18,21-22H,23-24H2,1-2H3.